The zero-order valence-electron chi connectivity index (χ0n) is 13.2. The summed E-state index contributed by atoms with van der Waals surface area (Å²) in [5, 5.41) is 9.03. The standard InChI is InChI=1S/C15H14F2N6O2/c1-18-14(24)7-23-5-9(4-20-23)21-15(25)6-22-8-19-12-2-10(16)11(17)3-13(12)22/h2-5,8H,6-7H2,1H3,(H,18,24)(H,21,25). The van der Waals surface area contributed by atoms with Crippen LogP contribution in [0.15, 0.2) is 30.9 Å². The van der Waals surface area contributed by atoms with E-state index < -0.39 is 17.5 Å². The molecular formula is C15H14F2N6O2. The van der Waals surface area contributed by atoms with Gasteiger partial charge in [-0.1, -0.05) is 0 Å². The van der Waals surface area contributed by atoms with Crippen LogP contribution in [0.5, 0.6) is 0 Å². The smallest absolute Gasteiger partial charge is 0.244 e. The average Bonchev–Trinajstić information content (AvgIpc) is 3.15. The van der Waals surface area contributed by atoms with Gasteiger partial charge in [-0.05, 0) is 0 Å². The van der Waals surface area contributed by atoms with Crippen LogP contribution < -0.4 is 10.6 Å². The van der Waals surface area contributed by atoms with E-state index in [4.69, 9.17) is 0 Å². The predicted molar refractivity (Wildman–Crippen MR) is 84.6 cm³/mol. The van der Waals surface area contributed by atoms with Crippen molar-refractivity contribution in [1.29, 1.82) is 0 Å². The van der Waals surface area contributed by atoms with Crippen molar-refractivity contribution >= 4 is 28.5 Å². The highest BCUT2D eigenvalue weighted by Gasteiger charge is 2.12. The van der Waals surface area contributed by atoms with Crippen molar-refractivity contribution in [2.45, 2.75) is 13.1 Å². The minimum atomic E-state index is -1.01. The maximum absolute atomic E-state index is 13.4. The van der Waals surface area contributed by atoms with E-state index >= 15 is 0 Å². The topological polar surface area (TPSA) is 93.8 Å². The Balaban J connectivity index is 1.69. The van der Waals surface area contributed by atoms with E-state index in [9.17, 15) is 18.4 Å². The molecule has 130 valence electrons. The monoisotopic (exact) mass is 348 g/mol. The number of hydrogen-bond donors (Lipinski definition) is 2. The molecule has 0 saturated heterocycles. The first-order valence-corrected chi connectivity index (χ1v) is 7.29. The molecule has 2 aromatic heterocycles. The van der Waals surface area contributed by atoms with Crippen molar-refractivity contribution in [2.24, 2.45) is 0 Å². The number of nitrogens with one attached hydrogen (secondary N) is 2. The Labute approximate surface area is 140 Å². The number of imidazole rings is 1. The lowest BCUT2D eigenvalue weighted by Crippen LogP contribution is -2.23. The molecule has 25 heavy (non-hydrogen) atoms. The fraction of sp³-hybridized carbons (Fsp3) is 0.200. The molecule has 0 saturated carbocycles. The van der Waals surface area contributed by atoms with Gasteiger partial charge in [-0.3, -0.25) is 14.3 Å². The van der Waals surface area contributed by atoms with Gasteiger partial charge in [0.15, 0.2) is 11.6 Å². The van der Waals surface area contributed by atoms with Gasteiger partial charge in [-0.25, -0.2) is 13.8 Å². The zero-order valence-corrected chi connectivity index (χ0v) is 13.2. The van der Waals surface area contributed by atoms with E-state index in [1.807, 2.05) is 0 Å². The van der Waals surface area contributed by atoms with Gasteiger partial charge in [0, 0.05) is 25.4 Å². The van der Waals surface area contributed by atoms with Gasteiger partial charge in [0.25, 0.3) is 0 Å². The second-order valence-corrected chi connectivity index (χ2v) is 5.28. The van der Waals surface area contributed by atoms with E-state index in [1.54, 1.807) is 0 Å². The number of likely N-dealkylation sites (N-methyl/N-ethyl adjacent to an activating group) is 1. The molecule has 0 unspecified atom stereocenters. The Bertz CT molecular complexity index is 949. The normalized spacial score (nSPS) is 10.8. The summed E-state index contributed by atoms with van der Waals surface area (Å²) >= 11 is 0. The number of carbonyl (C=O) groups is 2. The molecule has 0 spiro atoms. The molecule has 0 radical (unpaired) electrons. The van der Waals surface area contributed by atoms with Crippen LogP contribution in [0.2, 0.25) is 0 Å². The number of halogens is 2. The maximum Gasteiger partial charge on any atom is 0.244 e. The first-order valence-electron chi connectivity index (χ1n) is 7.29. The molecule has 0 aliphatic carbocycles. The SMILES string of the molecule is CNC(=O)Cn1cc(NC(=O)Cn2cnc3cc(F)c(F)cc32)cn1. The van der Waals surface area contributed by atoms with Gasteiger partial charge in [-0.15, -0.1) is 0 Å². The summed E-state index contributed by atoms with van der Waals surface area (Å²) in [6, 6.07) is 1.97. The number of fused-ring (bicyclic) bond motifs is 1. The quantitative estimate of drug-likeness (QED) is 0.716. The lowest BCUT2D eigenvalue weighted by Gasteiger charge is -2.05. The molecule has 0 bridgehead atoms. The molecule has 10 heteroatoms. The third-order valence-electron chi connectivity index (χ3n) is 3.48. The molecule has 0 fully saturated rings. The Morgan fingerprint density at radius 1 is 1.16 bits per heavy atom. The van der Waals surface area contributed by atoms with Gasteiger partial charge in [0.05, 0.1) is 29.2 Å². The van der Waals surface area contributed by atoms with Gasteiger partial charge in [0.2, 0.25) is 11.8 Å². The molecule has 2 amide bonds. The number of benzene rings is 1. The molecular weight excluding hydrogens is 334 g/mol. The first-order chi connectivity index (χ1) is 12.0. The summed E-state index contributed by atoms with van der Waals surface area (Å²) < 4.78 is 29.3. The largest absolute Gasteiger partial charge is 0.358 e. The van der Waals surface area contributed by atoms with Crippen molar-refractivity contribution in [3.05, 3.63) is 42.5 Å². The van der Waals surface area contributed by atoms with Gasteiger partial charge >= 0.3 is 0 Å². The van der Waals surface area contributed by atoms with Crippen molar-refractivity contribution in [1.82, 2.24) is 24.6 Å². The number of hydrogen-bond acceptors (Lipinski definition) is 4. The number of aromatic nitrogens is 4. The van der Waals surface area contributed by atoms with Gasteiger partial charge in [0.1, 0.15) is 13.1 Å². The van der Waals surface area contributed by atoms with Crippen LogP contribution >= 0.6 is 0 Å². The van der Waals surface area contributed by atoms with Gasteiger partial charge in [-0.2, -0.15) is 5.10 Å². The Morgan fingerprint density at radius 3 is 2.68 bits per heavy atom. The third kappa shape index (κ3) is 3.62. The van der Waals surface area contributed by atoms with E-state index in [0.717, 1.165) is 12.1 Å². The minimum Gasteiger partial charge on any atom is -0.358 e. The lowest BCUT2D eigenvalue weighted by molar-refractivity contribution is -0.121. The van der Waals surface area contributed by atoms with Crippen LogP contribution in [0.25, 0.3) is 11.0 Å². The van der Waals surface area contributed by atoms with Crippen molar-refractivity contribution in [2.75, 3.05) is 12.4 Å². The van der Waals surface area contributed by atoms with Crippen LogP contribution in [0, 0.1) is 11.6 Å². The molecule has 0 aliphatic rings. The minimum absolute atomic E-state index is 0.0311. The zero-order chi connectivity index (χ0) is 18.0. The van der Waals surface area contributed by atoms with E-state index in [1.165, 1.54) is 35.0 Å². The van der Waals surface area contributed by atoms with Crippen LogP contribution in [-0.2, 0) is 22.7 Å². The summed E-state index contributed by atoms with van der Waals surface area (Å²) in [6.07, 6.45) is 4.24. The Morgan fingerprint density at radius 2 is 1.92 bits per heavy atom. The fourth-order valence-corrected chi connectivity index (χ4v) is 2.28. The van der Waals surface area contributed by atoms with Gasteiger partial charge < -0.3 is 15.2 Å². The molecule has 3 rings (SSSR count). The molecule has 8 nitrogen and oxygen atoms in total. The van der Waals surface area contributed by atoms with Crippen LogP contribution in [0.4, 0.5) is 14.5 Å². The van der Waals surface area contributed by atoms with Crippen molar-refractivity contribution < 1.29 is 18.4 Å². The number of nitrogens with zero attached hydrogens (tertiary/aromatic N) is 4. The second kappa shape index (κ2) is 6.67. The lowest BCUT2D eigenvalue weighted by atomic mass is 10.3. The highest BCUT2D eigenvalue weighted by molar-refractivity contribution is 5.91. The number of amides is 2. The molecule has 1 aromatic carbocycles. The summed E-state index contributed by atoms with van der Waals surface area (Å²) in [5.41, 5.74) is 0.977. The van der Waals surface area contributed by atoms with E-state index in [-0.39, 0.29) is 24.5 Å². The average molecular weight is 348 g/mol. The predicted octanol–water partition coefficient (Wildman–Crippen LogP) is 0.896. The number of anilines is 1. The number of carbonyl (C=O) groups excluding carboxylic acids is 2. The summed E-state index contributed by atoms with van der Waals surface area (Å²) in [7, 11) is 1.51. The number of rotatable bonds is 5. The van der Waals surface area contributed by atoms with Crippen LogP contribution in [0.3, 0.4) is 0 Å². The third-order valence-corrected chi connectivity index (χ3v) is 3.48. The Hall–Kier alpha value is -3.30. The summed E-state index contributed by atoms with van der Waals surface area (Å²) in [5.74, 6) is -2.63. The van der Waals surface area contributed by atoms with Crippen molar-refractivity contribution in [3.8, 4) is 0 Å². The maximum atomic E-state index is 13.4. The molecule has 2 heterocycles. The van der Waals surface area contributed by atoms with Crippen LogP contribution in [-0.4, -0.2) is 38.2 Å². The Kier molecular flexibility index (Phi) is 4.42. The van der Waals surface area contributed by atoms with Crippen LogP contribution in [0.1, 0.15) is 0 Å². The fourth-order valence-electron chi connectivity index (χ4n) is 2.28. The van der Waals surface area contributed by atoms with Crippen molar-refractivity contribution in [3.63, 3.8) is 0 Å². The molecule has 2 N–H and O–H groups in total. The molecule has 0 atom stereocenters. The first kappa shape index (κ1) is 16.6. The molecule has 0 aliphatic heterocycles. The second-order valence-electron chi connectivity index (χ2n) is 5.28. The highest BCUT2D eigenvalue weighted by atomic mass is 19.2. The highest BCUT2D eigenvalue weighted by Crippen LogP contribution is 2.17. The van der Waals surface area contributed by atoms with E-state index in [0.29, 0.717) is 11.2 Å². The summed E-state index contributed by atoms with van der Waals surface area (Å²) in [4.78, 5) is 27.3. The molecule has 3 aromatic rings. The summed E-state index contributed by atoms with van der Waals surface area (Å²) in [6.45, 7) is -0.106. The van der Waals surface area contributed by atoms with E-state index in [2.05, 4.69) is 20.7 Å².